The van der Waals surface area contributed by atoms with Gasteiger partial charge < -0.3 is 0 Å². The molecule has 0 spiro atoms. The van der Waals surface area contributed by atoms with E-state index >= 15 is 0 Å². The molecule has 2 aliphatic heterocycles. The lowest BCUT2D eigenvalue weighted by Crippen LogP contribution is -2.36. The van der Waals surface area contributed by atoms with Gasteiger partial charge in [0, 0.05) is 11.7 Å². The first-order valence-electron chi connectivity index (χ1n) is 10.0. The smallest absolute Gasteiger partial charge is 0.250 e. The summed E-state index contributed by atoms with van der Waals surface area (Å²) in [6, 6.07) is 29.2. The Morgan fingerprint density at radius 1 is 0.750 bits per heavy atom. The van der Waals surface area contributed by atoms with Gasteiger partial charge in [-0.25, -0.2) is 0 Å². The molecule has 2 fully saturated rings. The molecule has 0 aliphatic carbocycles. The van der Waals surface area contributed by atoms with Crippen LogP contribution in [0.1, 0.15) is 41.6 Å². The topological polar surface area (TPSA) is 23.6 Å². The Bertz CT molecular complexity index is 968. The van der Waals surface area contributed by atoms with Gasteiger partial charge in [0.25, 0.3) is 0 Å². The summed E-state index contributed by atoms with van der Waals surface area (Å²) in [6.45, 7) is 2.08. The first-order valence-corrected chi connectivity index (χ1v) is 10.0. The van der Waals surface area contributed by atoms with E-state index in [4.69, 9.17) is 0 Å². The molecule has 3 heteroatoms. The predicted molar refractivity (Wildman–Crippen MR) is 112 cm³/mol. The summed E-state index contributed by atoms with van der Waals surface area (Å²) < 4.78 is 0. The van der Waals surface area contributed by atoms with Gasteiger partial charge in [-0.15, -0.1) is 0 Å². The fourth-order valence-corrected chi connectivity index (χ4v) is 4.80. The summed E-state index contributed by atoms with van der Waals surface area (Å²) in [5.41, 5.74) is 4.58. The molecule has 2 saturated heterocycles. The van der Waals surface area contributed by atoms with E-state index in [0.717, 1.165) is 24.1 Å². The number of hydrogen-bond acceptors (Lipinski definition) is 2. The monoisotopic (exact) mass is 368 g/mol. The van der Waals surface area contributed by atoms with E-state index in [1.807, 2.05) is 23.1 Å². The number of benzene rings is 3. The summed E-state index contributed by atoms with van der Waals surface area (Å²) in [6.07, 6.45) is 2.15. The molecule has 0 bridgehead atoms. The summed E-state index contributed by atoms with van der Waals surface area (Å²) >= 11 is 0. The van der Waals surface area contributed by atoms with Crippen LogP contribution in [0.5, 0.6) is 0 Å². The molecule has 28 heavy (non-hydrogen) atoms. The zero-order valence-electron chi connectivity index (χ0n) is 16.0. The maximum Gasteiger partial charge on any atom is 0.250 e. The quantitative estimate of drug-likeness (QED) is 0.631. The van der Waals surface area contributed by atoms with Crippen molar-refractivity contribution in [3.05, 3.63) is 102 Å². The number of amides is 1. The van der Waals surface area contributed by atoms with Crippen LogP contribution >= 0.6 is 0 Å². The van der Waals surface area contributed by atoms with Crippen LogP contribution in [0, 0.1) is 6.92 Å². The normalized spacial score (nSPS) is 24.5. The van der Waals surface area contributed by atoms with E-state index in [1.165, 1.54) is 11.1 Å². The third kappa shape index (κ3) is 2.74. The zero-order valence-corrected chi connectivity index (χ0v) is 16.0. The second kappa shape index (κ2) is 6.92. The van der Waals surface area contributed by atoms with Crippen molar-refractivity contribution in [1.29, 1.82) is 0 Å². The standard InChI is InChI=1S/C25H24N2O/c1-18-12-14-21(15-13-18)26-23-17-16-22(19-8-4-2-5-9-19)27(23)24(25(26)28)20-10-6-3-7-11-20/h2-15,22-24H,16-17H2,1H3/t22-,23-,24-/m1/s1. The Balaban J connectivity index is 1.60. The minimum atomic E-state index is -0.236. The number of anilines is 1. The Hall–Kier alpha value is -2.91. The molecule has 0 aromatic heterocycles. The van der Waals surface area contributed by atoms with Crippen molar-refractivity contribution in [3.63, 3.8) is 0 Å². The van der Waals surface area contributed by atoms with Crippen molar-refractivity contribution in [1.82, 2.24) is 4.90 Å². The highest BCUT2D eigenvalue weighted by Crippen LogP contribution is 2.49. The molecular weight excluding hydrogens is 344 g/mol. The third-order valence-corrected chi connectivity index (χ3v) is 6.08. The summed E-state index contributed by atoms with van der Waals surface area (Å²) in [7, 11) is 0. The molecule has 3 atom stereocenters. The van der Waals surface area contributed by atoms with Gasteiger partial charge in [-0.3, -0.25) is 14.6 Å². The van der Waals surface area contributed by atoms with Crippen molar-refractivity contribution in [3.8, 4) is 0 Å². The van der Waals surface area contributed by atoms with Crippen LogP contribution in [0.2, 0.25) is 0 Å². The van der Waals surface area contributed by atoms with Crippen molar-refractivity contribution in [2.24, 2.45) is 0 Å². The van der Waals surface area contributed by atoms with Crippen molar-refractivity contribution < 1.29 is 4.79 Å². The molecule has 0 unspecified atom stereocenters. The minimum Gasteiger partial charge on any atom is -0.294 e. The lowest BCUT2D eigenvalue weighted by Gasteiger charge is -2.29. The third-order valence-electron chi connectivity index (χ3n) is 6.08. The largest absolute Gasteiger partial charge is 0.294 e. The van der Waals surface area contributed by atoms with Gasteiger partial charge in [-0.05, 0) is 43.0 Å². The van der Waals surface area contributed by atoms with Crippen LogP contribution in [0.3, 0.4) is 0 Å². The lowest BCUT2D eigenvalue weighted by molar-refractivity contribution is -0.120. The molecule has 1 amide bonds. The molecular formula is C25H24N2O. The second-order valence-electron chi connectivity index (χ2n) is 7.79. The Labute approximate surface area is 166 Å². The molecule has 0 radical (unpaired) electrons. The molecule has 0 N–H and O–H groups in total. The van der Waals surface area contributed by atoms with Crippen LogP contribution in [0.25, 0.3) is 0 Å². The fraction of sp³-hybridized carbons (Fsp3) is 0.240. The van der Waals surface area contributed by atoms with Gasteiger partial charge >= 0.3 is 0 Å². The SMILES string of the molecule is Cc1ccc(N2C(=O)[C@@H](c3ccccc3)N3[C@@H](c4ccccc4)CC[C@H]23)cc1. The maximum absolute atomic E-state index is 13.7. The van der Waals surface area contributed by atoms with Crippen LogP contribution in [0.4, 0.5) is 5.69 Å². The van der Waals surface area contributed by atoms with E-state index in [0.29, 0.717) is 0 Å². The van der Waals surface area contributed by atoms with Crippen molar-refractivity contribution in [2.45, 2.75) is 38.0 Å². The van der Waals surface area contributed by atoms with Gasteiger partial charge in [0.2, 0.25) is 5.91 Å². The maximum atomic E-state index is 13.7. The average Bonchev–Trinajstić information content (AvgIpc) is 3.27. The minimum absolute atomic E-state index is 0.102. The number of aryl methyl sites for hydroxylation is 1. The molecule has 2 heterocycles. The second-order valence-corrected chi connectivity index (χ2v) is 7.79. The van der Waals surface area contributed by atoms with Gasteiger partial charge in [-0.2, -0.15) is 0 Å². The van der Waals surface area contributed by atoms with Crippen molar-refractivity contribution in [2.75, 3.05) is 4.90 Å². The van der Waals surface area contributed by atoms with E-state index < -0.39 is 0 Å². The van der Waals surface area contributed by atoms with Gasteiger partial charge in [0.1, 0.15) is 6.04 Å². The molecule has 5 rings (SSSR count). The van der Waals surface area contributed by atoms with E-state index in [9.17, 15) is 4.79 Å². The van der Waals surface area contributed by atoms with E-state index in [1.54, 1.807) is 0 Å². The number of fused-ring (bicyclic) bond motifs is 1. The molecule has 3 nitrogen and oxygen atoms in total. The number of rotatable bonds is 3. The summed E-state index contributed by atoms with van der Waals surface area (Å²) in [5, 5.41) is 0. The number of carbonyl (C=O) groups excluding carboxylic acids is 1. The number of hydrogen-bond donors (Lipinski definition) is 0. The summed E-state index contributed by atoms with van der Waals surface area (Å²) in [4.78, 5) is 18.1. The highest BCUT2D eigenvalue weighted by atomic mass is 16.2. The lowest BCUT2D eigenvalue weighted by atomic mass is 10.00. The highest BCUT2D eigenvalue weighted by Gasteiger charge is 2.53. The Morgan fingerprint density at radius 3 is 2.00 bits per heavy atom. The first kappa shape index (κ1) is 17.2. The average molecular weight is 368 g/mol. The van der Waals surface area contributed by atoms with E-state index in [2.05, 4.69) is 78.6 Å². The molecule has 3 aromatic carbocycles. The zero-order chi connectivity index (χ0) is 19.1. The van der Waals surface area contributed by atoms with Gasteiger partial charge in [-0.1, -0.05) is 78.4 Å². The molecule has 2 aliphatic rings. The molecule has 3 aromatic rings. The molecule has 0 saturated carbocycles. The first-order chi connectivity index (χ1) is 13.7. The van der Waals surface area contributed by atoms with Gasteiger partial charge in [0.15, 0.2) is 0 Å². The van der Waals surface area contributed by atoms with Crippen LogP contribution in [0.15, 0.2) is 84.9 Å². The Morgan fingerprint density at radius 2 is 1.36 bits per heavy atom. The fourth-order valence-electron chi connectivity index (χ4n) is 4.80. The van der Waals surface area contributed by atoms with Crippen LogP contribution in [-0.4, -0.2) is 17.0 Å². The molecule has 140 valence electrons. The van der Waals surface area contributed by atoms with E-state index in [-0.39, 0.29) is 24.2 Å². The van der Waals surface area contributed by atoms with Crippen molar-refractivity contribution >= 4 is 11.6 Å². The van der Waals surface area contributed by atoms with Crippen LogP contribution < -0.4 is 4.90 Å². The van der Waals surface area contributed by atoms with Gasteiger partial charge in [0.05, 0.1) is 6.17 Å². The Kier molecular flexibility index (Phi) is 4.25. The summed E-state index contributed by atoms with van der Waals surface area (Å²) in [5.74, 6) is 0.181. The predicted octanol–water partition coefficient (Wildman–Crippen LogP) is 5.25. The highest BCUT2D eigenvalue weighted by molar-refractivity contribution is 6.00. The van der Waals surface area contributed by atoms with Crippen LogP contribution in [-0.2, 0) is 4.79 Å². The number of carbonyl (C=O) groups is 1. The number of nitrogens with zero attached hydrogens (tertiary/aromatic N) is 2.